The molecule has 9 heteroatoms. The molecule has 0 unspecified atom stereocenters. The molecule has 0 saturated carbocycles. The average Bonchev–Trinajstić information content (AvgIpc) is 2.70. The number of fused-ring (bicyclic) bond motifs is 1. The SMILES string of the molecule is C[C@@H]1CN([C@H](C)CO)S(=O)(=O)c2ccc(-c3cncnc3)cc2O[C@@H]1CN(C)C. The topological polar surface area (TPSA) is 95.9 Å². The molecule has 158 valence electrons. The van der Waals surface area contributed by atoms with Crippen LogP contribution in [0.3, 0.4) is 0 Å². The van der Waals surface area contributed by atoms with E-state index in [9.17, 15) is 13.5 Å². The number of aliphatic hydroxyl groups is 1. The van der Waals surface area contributed by atoms with Crippen LogP contribution < -0.4 is 4.74 Å². The first-order valence-electron chi connectivity index (χ1n) is 9.57. The van der Waals surface area contributed by atoms with Gasteiger partial charge in [-0.3, -0.25) is 0 Å². The summed E-state index contributed by atoms with van der Waals surface area (Å²) in [6, 6.07) is 4.49. The molecular weight excluding hydrogens is 392 g/mol. The molecule has 1 aliphatic rings. The maximum Gasteiger partial charge on any atom is 0.247 e. The molecule has 0 amide bonds. The molecule has 0 saturated heterocycles. The van der Waals surface area contributed by atoms with Gasteiger partial charge in [-0.2, -0.15) is 4.31 Å². The van der Waals surface area contributed by atoms with Crippen molar-refractivity contribution in [1.29, 1.82) is 0 Å². The molecule has 29 heavy (non-hydrogen) atoms. The zero-order valence-corrected chi connectivity index (χ0v) is 18.0. The summed E-state index contributed by atoms with van der Waals surface area (Å²) in [6.07, 6.45) is 4.58. The Bertz CT molecular complexity index is 937. The number of sulfonamides is 1. The smallest absolute Gasteiger partial charge is 0.247 e. The molecule has 0 radical (unpaired) electrons. The Morgan fingerprint density at radius 2 is 1.97 bits per heavy atom. The Kier molecular flexibility index (Phi) is 6.52. The number of likely N-dealkylation sites (N-methyl/N-ethyl adjacent to an activating group) is 1. The summed E-state index contributed by atoms with van der Waals surface area (Å²) >= 11 is 0. The van der Waals surface area contributed by atoms with Crippen LogP contribution in [0.25, 0.3) is 11.1 Å². The Hall–Kier alpha value is -2.07. The fourth-order valence-electron chi connectivity index (χ4n) is 3.43. The van der Waals surface area contributed by atoms with Gasteiger partial charge >= 0.3 is 0 Å². The van der Waals surface area contributed by atoms with Crippen molar-refractivity contribution in [2.24, 2.45) is 5.92 Å². The molecule has 3 atom stereocenters. The second-order valence-electron chi connectivity index (χ2n) is 7.79. The zero-order chi connectivity index (χ0) is 21.2. The summed E-state index contributed by atoms with van der Waals surface area (Å²) in [7, 11) is 0.0791. The normalized spacial score (nSPS) is 23.0. The third-order valence-corrected chi connectivity index (χ3v) is 7.13. The van der Waals surface area contributed by atoms with E-state index in [2.05, 4.69) is 9.97 Å². The van der Waals surface area contributed by atoms with Gasteiger partial charge < -0.3 is 14.7 Å². The van der Waals surface area contributed by atoms with Crippen LogP contribution in [0.1, 0.15) is 13.8 Å². The largest absolute Gasteiger partial charge is 0.487 e. The van der Waals surface area contributed by atoms with Gasteiger partial charge in [0.25, 0.3) is 0 Å². The van der Waals surface area contributed by atoms with E-state index in [1.807, 2.05) is 25.9 Å². The van der Waals surface area contributed by atoms with Crippen molar-refractivity contribution in [2.45, 2.75) is 30.9 Å². The molecular formula is C20H28N4O4S. The van der Waals surface area contributed by atoms with E-state index in [0.29, 0.717) is 12.3 Å². The van der Waals surface area contributed by atoms with Crippen LogP contribution in [-0.4, -0.2) is 78.6 Å². The Morgan fingerprint density at radius 1 is 1.28 bits per heavy atom. The van der Waals surface area contributed by atoms with E-state index >= 15 is 0 Å². The van der Waals surface area contributed by atoms with Gasteiger partial charge in [0.15, 0.2) is 0 Å². The predicted octanol–water partition coefficient (Wildman–Crippen LogP) is 1.47. The summed E-state index contributed by atoms with van der Waals surface area (Å²) in [4.78, 5) is 10.2. The van der Waals surface area contributed by atoms with Gasteiger partial charge in [-0.05, 0) is 38.7 Å². The Morgan fingerprint density at radius 3 is 2.59 bits per heavy atom. The number of aromatic nitrogens is 2. The minimum atomic E-state index is -3.83. The second-order valence-corrected chi connectivity index (χ2v) is 9.65. The van der Waals surface area contributed by atoms with E-state index in [0.717, 1.165) is 11.1 Å². The van der Waals surface area contributed by atoms with Gasteiger partial charge in [-0.1, -0.05) is 13.0 Å². The van der Waals surface area contributed by atoms with Crippen molar-refractivity contribution < 1.29 is 18.3 Å². The number of benzene rings is 1. The predicted molar refractivity (Wildman–Crippen MR) is 110 cm³/mol. The zero-order valence-electron chi connectivity index (χ0n) is 17.2. The third-order valence-electron chi connectivity index (χ3n) is 5.11. The number of rotatable bonds is 5. The quantitative estimate of drug-likeness (QED) is 0.783. The van der Waals surface area contributed by atoms with Crippen molar-refractivity contribution in [3.8, 4) is 16.9 Å². The standard InChI is InChI=1S/C20H28N4O4S/c1-14-10-24(15(2)12-25)29(26,27)20-6-5-16(17-8-21-13-22-9-17)7-18(20)28-19(14)11-23(3)4/h5-9,13-15,19,25H,10-12H2,1-4H3/t14-,15-,19-/m1/s1. The lowest BCUT2D eigenvalue weighted by Crippen LogP contribution is -2.49. The minimum Gasteiger partial charge on any atom is -0.487 e. The van der Waals surface area contributed by atoms with Crippen LogP contribution in [0.4, 0.5) is 0 Å². The first kappa shape index (κ1) is 21.6. The van der Waals surface area contributed by atoms with Gasteiger partial charge in [-0.25, -0.2) is 18.4 Å². The summed E-state index contributed by atoms with van der Waals surface area (Å²) in [5.41, 5.74) is 1.55. The van der Waals surface area contributed by atoms with E-state index in [4.69, 9.17) is 4.74 Å². The van der Waals surface area contributed by atoms with E-state index in [1.165, 1.54) is 10.6 Å². The highest BCUT2D eigenvalue weighted by atomic mass is 32.2. The average molecular weight is 421 g/mol. The lowest BCUT2D eigenvalue weighted by Gasteiger charge is -2.37. The van der Waals surface area contributed by atoms with Crippen molar-refractivity contribution in [1.82, 2.24) is 19.2 Å². The molecule has 3 rings (SSSR count). The van der Waals surface area contributed by atoms with Crippen LogP contribution in [0.2, 0.25) is 0 Å². The summed E-state index contributed by atoms with van der Waals surface area (Å²) in [5.74, 6) is 0.234. The van der Waals surface area contributed by atoms with Gasteiger partial charge in [0.1, 0.15) is 23.1 Å². The van der Waals surface area contributed by atoms with Gasteiger partial charge in [0, 0.05) is 43.0 Å². The summed E-state index contributed by atoms with van der Waals surface area (Å²) in [5, 5.41) is 9.66. The molecule has 0 fully saturated rings. The number of ether oxygens (including phenoxy) is 1. The molecule has 1 aromatic heterocycles. The number of nitrogens with zero attached hydrogens (tertiary/aromatic N) is 4. The molecule has 1 aliphatic heterocycles. The van der Waals surface area contributed by atoms with Crippen molar-refractivity contribution >= 4 is 10.0 Å². The van der Waals surface area contributed by atoms with Crippen LogP contribution in [0.5, 0.6) is 5.75 Å². The van der Waals surface area contributed by atoms with Gasteiger partial charge in [-0.15, -0.1) is 0 Å². The molecule has 0 aliphatic carbocycles. The monoisotopic (exact) mass is 420 g/mol. The number of aliphatic hydroxyl groups excluding tert-OH is 1. The number of hydrogen-bond acceptors (Lipinski definition) is 7. The molecule has 1 N–H and O–H groups in total. The van der Waals surface area contributed by atoms with Crippen molar-refractivity contribution in [3.63, 3.8) is 0 Å². The molecule has 2 aromatic rings. The van der Waals surface area contributed by atoms with Gasteiger partial charge in [0.05, 0.1) is 6.61 Å². The van der Waals surface area contributed by atoms with E-state index < -0.39 is 16.1 Å². The lowest BCUT2D eigenvalue weighted by molar-refractivity contribution is 0.0813. The molecule has 0 bridgehead atoms. The summed E-state index contributed by atoms with van der Waals surface area (Å²) in [6.45, 7) is 4.35. The van der Waals surface area contributed by atoms with Crippen LogP contribution in [-0.2, 0) is 10.0 Å². The summed E-state index contributed by atoms with van der Waals surface area (Å²) < 4.78 is 34.4. The first-order chi connectivity index (χ1) is 13.7. The van der Waals surface area contributed by atoms with Crippen molar-refractivity contribution in [2.75, 3.05) is 33.8 Å². The molecule has 1 aromatic carbocycles. The van der Waals surface area contributed by atoms with Crippen molar-refractivity contribution in [3.05, 3.63) is 36.9 Å². The lowest BCUT2D eigenvalue weighted by atomic mass is 10.0. The van der Waals surface area contributed by atoms with E-state index in [1.54, 1.807) is 37.5 Å². The maximum atomic E-state index is 13.4. The van der Waals surface area contributed by atoms with Crippen LogP contribution in [0, 0.1) is 5.92 Å². The molecule has 2 heterocycles. The maximum absolute atomic E-state index is 13.4. The fourth-order valence-corrected chi connectivity index (χ4v) is 5.26. The highest BCUT2D eigenvalue weighted by molar-refractivity contribution is 7.89. The minimum absolute atomic E-state index is 0.0713. The second kappa shape index (κ2) is 8.74. The molecule has 8 nitrogen and oxygen atoms in total. The Labute approximate surface area is 172 Å². The first-order valence-corrected chi connectivity index (χ1v) is 11.0. The van der Waals surface area contributed by atoms with Crippen LogP contribution in [0.15, 0.2) is 41.8 Å². The third kappa shape index (κ3) is 4.58. The van der Waals surface area contributed by atoms with Crippen LogP contribution >= 0.6 is 0 Å². The van der Waals surface area contributed by atoms with E-state index in [-0.39, 0.29) is 30.1 Å². The van der Waals surface area contributed by atoms with Gasteiger partial charge in [0.2, 0.25) is 10.0 Å². The Balaban J connectivity index is 2.14. The molecule has 0 spiro atoms. The number of hydrogen-bond donors (Lipinski definition) is 1. The fraction of sp³-hybridized carbons (Fsp3) is 0.500. The highest BCUT2D eigenvalue weighted by Crippen LogP contribution is 2.36. The highest BCUT2D eigenvalue weighted by Gasteiger charge is 2.37.